The third-order valence-corrected chi connectivity index (χ3v) is 2.58. The Labute approximate surface area is 113 Å². The van der Waals surface area contributed by atoms with Crippen LogP contribution in [-0.4, -0.2) is 20.9 Å². The quantitative estimate of drug-likeness (QED) is 0.827. The number of rotatable bonds is 5. The molecule has 0 aliphatic rings. The van der Waals surface area contributed by atoms with Gasteiger partial charge in [-0.3, -0.25) is 4.79 Å². The molecule has 0 atom stereocenters. The Bertz CT molecular complexity index is 614. The fourth-order valence-corrected chi connectivity index (χ4v) is 1.58. The summed E-state index contributed by atoms with van der Waals surface area (Å²) in [7, 11) is 0. The second-order valence-corrected chi connectivity index (χ2v) is 4.12. The smallest absolute Gasteiger partial charge is 0.242 e. The van der Waals surface area contributed by atoms with Crippen LogP contribution in [0.15, 0.2) is 24.4 Å². The lowest BCUT2D eigenvalue weighted by atomic mass is 10.2. The Morgan fingerprint density at radius 1 is 1.40 bits per heavy atom. The van der Waals surface area contributed by atoms with Crippen molar-refractivity contribution < 1.29 is 13.6 Å². The maximum Gasteiger partial charge on any atom is 0.242 e. The van der Waals surface area contributed by atoms with Gasteiger partial charge in [0, 0.05) is 18.7 Å². The third-order valence-electron chi connectivity index (χ3n) is 2.58. The van der Waals surface area contributed by atoms with E-state index >= 15 is 0 Å². The van der Waals surface area contributed by atoms with Gasteiger partial charge in [0.2, 0.25) is 5.91 Å². The number of hydrogen-bond donors (Lipinski definition) is 2. The van der Waals surface area contributed by atoms with Crippen molar-refractivity contribution in [3.05, 3.63) is 47.3 Å². The van der Waals surface area contributed by atoms with Crippen molar-refractivity contribution in [1.82, 2.24) is 20.3 Å². The maximum absolute atomic E-state index is 13.3. The molecule has 0 radical (unpaired) electrons. The number of carbonyl (C=O) groups is 1. The van der Waals surface area contributed by atoms with Crippen molar-refractivity contribution in [3.8, 4) is 0 Å². The number of aromatic nitrogens is 3. The molecular formula is C12H13F2N5O. The minimum atomic E-state index is -0.571. The Hall–Kier alpha value is -2.35. The first-order valence-corrected chi connectivity index (χ1v) is 5.88. The van der Waals surface area contributed by atoms with Crippen molar-refractivity contribution in [3.63, 3.8) is 0 Å². The highest BCUT2D eigenvalue weighted by Crippen LogP contribution is 2.09. The average molecular weight is 281 g/mol. The highest BCUT2D eigenvalue weighted by molar-refractivity contribution is 5.75. The standard InChI is InChI=1S/C12H13F2N5O/c13-9-1-2-11(14)8(3-9)5-16-12(20)7-19-6-10(4-15)17-18-19/h1-3,6H,4-5,7,15H2,(H,16,20). The molecule has 2 rings (SSSR count). The van der Waals surface area contributed by atoms with Crippen LogP contribution in [0.25, 0.3) is 0 Å². The van der Waals surface area contributed by atoms with Gasteiger partial charge in [0.15, 0.2) is 0 Å². The largest absolute Gasteiger partial charge is 0.350 e. The van der Waals surface area contributed by atoms with Crippen LogP contribution in [0.1, 0.15) is 11.3 Å². The second kappa shape index (κ2) is 6.20. The number of halogens is 2. The van der Waals surface area contributed by atoms with Crippen molar-refractivity contribution in [2.24, 2.45) is 5.73 Å². The Morgan fingerprint density at radius 2 is 2.20 bits per heavy atom. The predicted octanol–water partition coefficient (Wildman–Crippen LogP) is 0.331. The molecule has 0 fully saturated rings. The van der Waals surface area contributed by atoms with Gasteiger partial charge in [-0.2, -0.15) is 0 Å². The number of nitrogens with two attached hydrogens (primary N) is 1. The highest BCUT2D eigenvalue weighted by Gasteiger charge is 2.08. The first kappa shape index (κ1) is 14.1. The monoisotopic (exact) mass is 281 g/mol. The Morgan fingerprint density at radius 3 is 2.90 bits per heavy atom. The summed E-state index contributed by atoms with van der Waals surface area (Å²) < 4.78 is 27.6. The van der Waals surface area contributed by atoms with Crippen LogP contribution in [0.3, 0.4) is 0 Å². The van der Waals surface area contributed by atoms with Gasteiger partial charge < -0.3 is 11.1 Å². The van der Waals surface area contributed by atoms with E-state index in [1.54, 1.807) is 6.20 Å². The van der Waals surface area contributed by atoms with Gasteiger partial charge in [-0.15, -0.1) is 5.10 Å². The summed E-state index contributed by atoms with van der Waals surface area (Å²) in [6, 6.07) is 3.07. The summed E-state index contributed by atoms with van der Waals surface area (Å²) in [4.78, 5) is 11.6. The predicted molar refractivity (Wildman–Crippen MR) is 66.1 cm³/mol. The molecule has 0 saturated carbocycles. The van der Waals surface area contributed by atoms with Crippen molar-refractivity contribution in [2.45, 2.75) is 19.6 Å². The van der Waals surface area contributed by atoms with Crippen LogP contribution in [0.4, 0.5) is 8.78 Å². The van der Waals surface area contributed by atoms with Crippen molar-refractivity contribution in [1.29, 1.82) is 0 Å². The third kappa shape index (κ3) is 3.58. The second-order valence-electron chi connectivity index (χ2n) is 4.12. The normalized spacial score (nSPS) is 10.6. The van der Waals surface area contributed by atoms with Gasteiger partial charge in [-0.1, -0.05) is 5.21 Å². The minimum absolute atomic E-state index is 0.0655. The zero-order valence-electron chi connectivity index (χ0n) is 10.5. The van der Waals surface area contributed by atoms with Crippen molar-refractivity contribution in [2.75, 3.05) is 0 Å². The first-order chi connectivity index (χ1) is 9.58. The van der Waals surface area contributed by atoms with Gasteiger partial charge in [0.1, 0.15) is 18.2 Å². The van der Waals surface area contributed by atoms with E-state index in [1.165, 1.54) is 4.68 Å². The van der Waals surface area contributed by atoms with E-state index in [-0.39, 0.29) is 31.1 Å². The number of nitrogens with one attached hydrogen (secondary N) is 1. The molecule has 1 amide bonds. The zero-order chi connectivity index (χ0) is 14.5. The molecule has 1 aromatic carbocycles. The molecule has 8 heteroatoms. The van der Waals surface area contributed by atoms with E-state index < -0.39 is 11.6 Å². The number of benzene rings is 1. The minimum Gasteiger partial charge on any atom is -0.350 e. The van der Waals surface area contributed by atoms with E-state index in [2.05, 4.69) is 15.6 Å². The molecule has 0 aliphatic heterocycles. The topological polar surface area (TPSA) is 85.8 Å². The summed E-state index contributed by atoms with van der Waals surface area (Å²) in [6.07, 6.45) is 1.54. The van der Waals surface area contributed by atoms with Crippen LogP contribution in [-0.2, 0) is 24.4 Å². The molecule has 3 N–H and O–H groups in total. The molecule has 0 spiro atoms. The Kier molecular flexibility index (Phi) is 4.36. The summed E-state index contributed by atoms with van der Waals surface area (Å²) >= 11 is 0. The first-order valence-electron chi connectivity index (χ1n) is 5.88. The number of carbonyl (C=O) groups excluding carboxylic acids is 1. The molecule has 6 nitrogen and oxygen atoms in total. The van der Waals surface area contributed by atoms with E-state index in [0.29, 0.717) is 5.69 Å². The molecule has 20 heavy (non-hydrogen) atoms. The Balaban J connectivity index is 1.90. The summed E-state index contributed by atoms with van der Waals surface area (Å²) in [5, 5.41) is 9.91. The SMILES string of the molecule is NCc1cn(CC(=O)NCc2cc(F)ccc2F)nn1. The van der Waals surface area contributed by atoms with Crippen LogP contribution in [0.5, 0.6) is 0 Å². The molecule has 1 heterocycles. The van der Waals surface area contributed by atoms with Crippen LogP contribution >= 0.6 is 0 Å². The van der Waals surface area contributed by atoms with Crippen LogP contribution in [0, 0.1) is 11.6 Å². The summed E-state index contributed by atoms with van der Waals surface area (Å²) in [5.74, 6) is -1.51. The van der Waals surface area contributed by atoms with E-state index in [4.69, 9.17) is 5.73 Å². The zero-order valence-corrected chi connectivity index (χ0v) is 10.5. The van der Waals surface area contributed by atoms with Gasteiger partial charge in [0.05, 0.1) is 11.9 Å². The van der Waals surface area contributed by atoms with Gasteiger partial charge in [-0.05, 0) is 18.2 Å². The molecule has 1 aromatic heterocycles. The number of hydrogen-bond acceptors (Lipinski definition) is 4. The molecule has 0 saturated heterocycles. The van der Waals surface area contributed by atoms with Crippen LogP contribution in [0.2, 0.25) is 0 Å². The fraction of sp³-hybridized carbons (Fsp3) is 0.250. The molecule has 0 unspecified atom stereocenters. The van der Waals surface area contributed by atoms with Gasteiger partial charge >= 0.3 is 0 Å². The number of nitrogens with zero attached hydrogens (tertiary/aromatic N) is 3. The average Bonchev–Trinajstić information content (AvgIpc) is 2.87. The highest BCUT2D eigenvalue weighted by atomic mass is 19.1. The van der Waals surface area contributed by atoms with Crippen LogP contribution < -0.4 is 11.1 Å². The number of amides is 1. The molecule has 0 bridgehead atoms. The lowest BCUT2D eigenvalue weighted by Crippen LogP contribution is -2.27. The molecule has 0 aliphatic carbocycles. The summed E-state index contributed by atoms with van der Waals surface area (Å²) in [6.45, 7) is 0.0704. The fourth-order valence-electron chi connectivity index (χ4n) is 1.58. The lowest BCUT2D eigenvalue weighted by molar-refractivity contribution is -0.122. The molecule has 106 valence electrons. The van der Waals surface area contributed by atoms with E-state index in [1.807, 2.05) is 0 Å². The van der Waals surface area contributed by atoms with Gasteiger partial charge in [-0.25, -0.2) is 13.5 Å². The lowest BCUT2D eigenvalue weighted by Gasteiger charge is -2.06. The molecule has 2 aromatic rings. The van der Waals surface area contributed by atoms with E-state index in [9.17, 15) is 13.6 Å². The summed E-state index contributed by atoms with van der Waals surface area (Å²) in [5.41, 5.74) is 6.01. The maximum atomic E-state index is 13.3. The van der Waals surface area contributed by atoms with Crippen molar-refractivity contribution >= 4 is 5.91 Å². The molecular weight excluding hydrogens is 268 g/mol. The van der Waals surface area contributed by atoms with E-state index in [0.717, 1.165) is 18.2 Å². The van der Waals surface area contributed by atoms with Gasteiger partial charge in [0.25, 0.3) is 0 Å².